The van der Waals surface area contributed by atoms with Gasteiger partial charge in [0.2, 0.25) is 0 Å². The highest BCUT2D eigenvalue weighted by Crippen LogP contribution is 2.28. The molecule has 0 saturated carbocycles. The molecule has 1 aliphatic heterocycles. The number of hydrogen-bond acceptors (Lipinski definition) is 9. The van der Waals surface area contributed by atoms with Gasteiger partial charge in [-0.1, -0.05) is 11.6 Å². The van der Waals surface area contributed by atoms with Gasteiger partial charge >= 0.3 is 18.0 Å². The molecule has 39 heavy (non-hydrogen) atoms. The van der Waals surface area contributed by atoms with Crippen molar-refractivity contribution < 1.29 is 34.8 Å². The lowest BCUT2D eigenvalue weighted by molar-refractivity contribution is 0.0682. The predicted octanol–water partition coefficient (Wildman–Crippen LogP) is 4.99. The molecule has 0 radical (unpaired) electrons. The normalized spacial score (nSPS) is 12.7. The van der Waals surface area contributed by atoms with E-state index in [-0.39, 0.29) is 47.5 Å². The summed E-state index contributed by atoms with van der Waals surface area (Å²) in [6.07, 6.45) is 0. The Kier molecular flexibility index (Phi) is 8.77. The van der Waals surface area contributed by atoms with Crippen LogP contribution < -0.4 is 4.90 Å². The number of azo groups is 1. The van der Waals surface area contributed by atoms with Crippen LogP contribution >= 0.6 is 11.6 Å². The molecule has 198 valence electrons. The number of benzene rings is 3. The highest BCUT2D eigenvalue weighted by molar-refractivity contribution is 6.30. The van der Waals surface area contributed by atoms with Gasteiger partial charge in [0.25, 0.3) is 0 Å². The Labute approximate surface area is 225 Å². The molecule has 0 aromatic heterocycles. The van der Waals surface area contributed by atoms with Gasteiger partial charge in [0.1, 0.15) is 35.0 Å². The molecule has 1 heterocycles. The molecule has 0 spiro atoms. The molecule has 1 aliphatic rings. The number of halogens is 1. The Morgan fingerprint density at radius 3 is 1.85 bits per heavy atom. The molecule has 2 amide bonds. The molecule has 5 N–H and O–H groups in total. The lowest BCUT2D eigenvalue weighted by Crippen LogP contribution is -2.32. The molecular formula is C25H19ClN6O7. The van der Waals surface area contributed by atoms with Gasteiger partial charge in [-0.25, -0.2) is 19.3 Å². The van der Waals surface area contributed by atoms with Gasteiger partial charge in [0.05, 0.1) is 29.7 Å². The minimum atomic E-state index is -1.31. The Balaban J connectivity index is 0.000000223. The van der Waals surface area contributed by atoms with Crippen LogP contribution in [0.2, 0.25) is 5.02 Å². The SMILES string of the molecule is N#CCN1CC(=N)N(c2ccc(Cl)cc2)C1=O.O=C(O)c1cc(/N=N/c2ccc(O)c(C(=O)O)c2)ccc1O. The minimum Gasteiger partial charge on any atom is -0.507 e. The van der Waals surface area contributed by atoms with Crippen LogP contribution in [0.4, 0.5) is 21.9 Å². The third-order valence-corrected chi connectivity index (χ3v) is 5.37. The molecule has 0 aliphatic carbocycles. The number of urea groups is 1. The molecule has 1 fully saturated rings. The van der Waals surface area contributed by atoms with Crippen LogP contribution in [-0.2, 0) is 0 Å². The fraction of sp³-hybridized carbons (Fsp3) is 0.0800. The standard InChI is InChI=1S/C14H10N2O6.C11H9ClN4O/c17-11-3-1-7(5-9(11)13(19)20)15-16-8-2-4-12(18)10(6-8)14(21)22;12-8-1-3-9(4-2-8)16-10(14)7-15(6-5-13)11(16)17/h1-6,17-18H,(H,19,20)(H,21,22);1-4,14H,6-7H2/b16-15+;. The summed E-state index contributed by atoms with van der Waals surface area (Å²) in [7, 11) is 0. The van der Waals surface area contributed by atoms with E-state index in [9.17, 15) is 24.6 Å². The Morgan fingerprint density at radius 1 is 0.923 bits per heavy atom. The van der Waals surface area contributed by atoms with E-state index in [1.165, 1.54) is 21.9 Å². The average Bonchev–Trinajstić information content (AvgIpc) is 3.17. The number of nitrogens with one attached hydrogen (secondary N) is 1. The number of aromatic carboxylic acids is 2. The topological polar surface area (TPSA) is 211 Å². The zero-order valence-corrected chi connectivity index (χ0v) is 20.6. The van der Waals surface area contributed by atoms with Gasteiger partial charge in [-0.15, -0.1) is 0 Å². The first kappa shape index (κ1) is 28.1. The summed E-state index contributed by atoms with van der Waals surface area (Å²) in [6.45, 7) is 0.153. The first-order chi connectivity index (χ1) is 18.5. The van der Waals surface area contributed by atoms with E-state index in [1.54, 1.807) is 24.3 Å². The highest BCUT2D eigenvalue weighted by Gasteiger charge is 2.34. The molecule has 0 bridgehead atoms. The molecule has 3 aromatic carbocycles. The molecule has 14 heteroatoms. The quantitative estimate of drug-likeness (QED) is 0.208. The molecule has 13 nitrogen and oxygen atoms in total. The van der Waals surface area contributed by atoms with Gasteiger partial charge < -0.3 is 25.3 Å². The van der Waals surface area contributed by atoms with Gasteiger partial charge in [-0.05, 0) is 60.7 Å². The van der Waals surface area contributed by atoms with Crippen molar-refractivity contribution in [3.8, 4) is 17.6 Å². The largest absolute Gasteiger partial charge is 0.507 e. The fourth-order valence-corrected chi connectivity index (χ4v) is 3.40. The van der Waals surface area contributed by atoms with Crippen molar-refractivity contribution in [3.63, 3.8) is 0 Å². The van der Waals surface area contributed by atoms with Gasteiger partial charge in [-0.3, -0.25) is 5.41 Å². The lowest BCUT2D eigenvalue weighted by atomic mass is 10.2. The summed E-state index contributed by atoms with van der Waals surface area (Å²) in [5, 5.41) is 60.9. The van der Waals surface area contributed by atoms with Crippen LogP contribution in [0.1, 0.15) is 20.7 Å². The second kappa shape index (κ2) is 12.2. The number of carboxylic acid groups (broad SMARTS) is 2. The molecule has 1 saturated heterocycles. The monoisotopic (exact) mass is 550 g/mol. The number of carboxylic acids is 2. The van der Waals surface area contributed by atoms with Crippen LogP contribution in [0.3, 0.4) is 0 Å². The number of carbonyl (C=O) groups excluding carboxylic acids is 1. The van der Waals surface area contributed by atoms with Crippen LogP contribution in [-0.4, -0.2) is 62.2 Å². The summed E-state index contributed by atoms with van der Waals surface area (Å²) in [5.74, 6) is -3.26. The van der Waals surface area contributed by atoms with Crippen molar-refractivity contribution in [2.45, 2.75) is 0 Å². The maximum atomic E-state index is 11.9. The molecule has 0 unspecified atom stereocenters. The van der Waals surface area contributed by atoms with Crippen LogP contribution in [0.25, 0.3) is 0 Å². The van der Waals surface area contributed by atoms with Crippen LogP contribution in [0.5, 0.6) is 11.5 Å². The van der Waals surface area contributed by atoms with Gasteiger partial charge in [0, 0.05) is 5.02 Å². The minimum absolute atomic E-state index is 0.00863. The van der Waals surface area contributed by atoms with E-state index in [0.29, 0.717) is 10.7 Å². The number of amidine groups is 1. The second-order valence-electron chi connectivity index (χ2n) is 7.77. The number of aromatic hydroxyl groups is 2. The van der Waals surface area contributed by atoms with Gasteiger partial charge in [0.15, 0.2) is 0 Å². The summed E-state index contributed by atoms with van der Waals surface area (Å²) < 4.78 is 0. The third-order valence-electron chi connectivity index (χ3n) is 5.12. The Morgan fingerprint density at radius 2 is 1.41 bits per heavy atom. The van der Waals surface area contributed by atoms with Crippen molar-refractivity contribution in [3.05, 3.63) is 76.8 Å². The van der Waals surface area contributed by atoms with E-state index in [4.69, 9.17) is 32.5 Å². The van der Waals surface area contributed by atoms with E-state index < -0.39 is 23.4 Å². The average molecular weight is 551 g/mol. The van der Waals surface area contributed by atoms with Crippen LogP contribution in [0.15, 0.2) is 70.9 Å². The summed E-state index contributed by atoms with van der Waals surface area (Å²) >= 11 is 5.76. The number of rotatable bonds is 6. The smallest absolute Gasteiger partial charge is 0.339 e. The first-order valence-corrected chi connectivity index (χ1v) is 11.2. The maximum absolute atomic E-state index is 11.9. The summed E-state index contributed by atoms with van der Waals surface area (Å²) in [4.78, 5) is 36.3. The molecule has 4 rings (SSSR count). The highest BCUT2D eigenvalue weighted by atomic mass is 35.5. The first-order valence-electron chi connectivity index (χ1n) is 10.8. The fourth-order valence-electron chi connectivity index (χ4n) is 3.27. The number of anilines is 1. The van der Waals surface area contributed by atoms with E-state index in [0.717, 1.165) is 24.3 Å². The zero-order valence-electron chi connectivity index (χ0n) is 19.8. The van der Waals surface area contributed by atoms with Crippen LogP contribution in [0, 0.1) is 16.7 Å². The molecule has 0 atom stereocenters. The number of nitrogens with zero attached hydrogens (tertiary/aromatic N) is 5. The van der Waals surface area contributed by atoms with E-state index >= 15 is 0 Å². The number of phenols is 2. The maximum Gasteiger partial charge on any atom is 0.339 e. The number of amides is 2. The zero-order chi connectivity index (χ0) is 28.7. The third kappa shape index (κ3) is 6.85. The van der Waals surface area contributed by atoms with Crippen molar-refractivity contribution >= 4 is 52.5 Å². The molecule has 3 aromatic rings. The lowest BCUT2D eigenvalue weighted by Gasteiger charge is -2.16. The van der Waals surface area contributed by atoms with Gasteiger partial charge in [-0.2, -0.15) is 15.5 Å². The summed E-state index contributed by atoms with van der Waals surface area (Å²) in [6, 6.07) is 15.5. The Bertz CT molecular complexity index is 1450. The number of nitriles is 1. The number of carbonyl (C=O) groups is 3. The number of hydrogen-bond donors (Lipinski definition) is 5. The van der Waals surface area contributed by atoms with Crippen molar-refractivity contribution in [2.24, 2.45) is 10.2 Å². The summed E-state index contributed by atoms with van der Waals surface area (Å²) in [5.41, 5.74) is 0.270. The van der Waals surface area contributed by atoms with Crippen molar-refractivity contribution in [1.29, 1.82) is 10.7 Å². The Hall–Kier alpha value is -5.48. The molecular weight excluding hydrogens is 532 g/mol. The van der Waals surface area contributed by atoms with Crippen molar-refractivity contribution in [2.75, 3.05) is 18.0 Å². The van der Waals surface area contributed by atoms with E-state index in [1.807, 2.05) is 6.07 Å². The second-order valence-corrected chi connectivity index (χ2v) is 8.20. The van der Waals surface area contributed by atoms with E-state index in [2.05, 4.69) is 10.2 Å². The van der Waals surface area contributed by atoms with Crippen molar-refractivity contribution in [1.82, 2.24) is 4.90 Å². The predicted molar refractivity (Wildman–Crippen MR) is 139 cm³/mol.